The number of halogens is 1. The fraction of sp³-hybridized carbons (Fsp3) is 0.185. The quantitative estimate of drug-likeness (QED) is 0.375. The molecule has 0 bridgehead atoms. The number of aromatic nitrogens is 3. The van der Waals surface area contributed by atoms with Crippen molar-refractivity contribution in [2.75, 3.05) is 19.1 Å². The smallest absolute Gasteiger partial charge is 0.350 e. The zero-order chi connectivity index (χ0) is 25.2. The van der Waals surface area contributed by atoms with E-state index in [9.17, 15) is 10.1 Å². The second kappa shape index (κ2) is 9.72. The molecule has 5 rings (SSSR count). The average Bonchev–Trinajstić information content (AvgIpc) is 2.88. The Morgan fingerprint density at radius 1 is 1.14 bits per heavy atom. The standard InChI is InChI=1S/C27H22ClN5O3/c1-32(16-17-3-6-25(19(9-17)13-29)36-22-11-20(28)14-30-15-22)26-12-24-23-5-4-21(35-2)10-18(23)7-8-33(24)27(34)31-26/h3-6,9-12,14-15H,7-8,16H2,1-2H3. The van der Waals surface area contributed by atoms with Crippen molar-refractivity contribution >= 4 is 17.4 Å². The van der Waals surface area contributed by atoms with E-state index in [-0.39, 0.29) is 5.69 Å². The normalized spacial score (nSPS) is 11.7. The summed E-state index contributed by atoms with van der Waals surface area (Å²) in [6.45, 7) is 1.01. The molecule has 9 heteroatoms. The van der Waals surface area contributed by atoms with Crippen LogP contribution in [0.15, 0.2) is 65.7 Å². The third-order valence-electron chi connectivity index (χ3n) is 6.07. The molecule has 8 nitrogen and oxygen atoms in total. The average molecular weight is 500 g/mol. The summed E-state index contributed by atoms with van der Waals surface area (Å²) < 4.78 is 12.9. The van der Waals surface area contributed by atoms with E-state index in [1.807, 2.05) is 42.3 Å². The largest absolute Gasteiger partial charge is 0.497 e. The molecule has 0 saturated carbocycles. The minimum absolute atomic E-state index is 0.285. The van der Waals surface area contributed by atoms with Crippen LogP contribution >= 0.6 is 11.6 Å². The molecular formula is C27H22ClN5O3. The lowest BCUT2D eigenvalue weighted by Crippen LogP contribution is -2.31. The number of anilines is 1. The molecule has 0 amide bonds. The first-order valence-corrected chi connectivity index (χ1v) is 11.6. The van der Waals surface area contributed by atoms with Gasteiger partial charge in [0.25, 0.3) is 0 Å². The molecule has 36 heavy (non-hydrogen) atoms. The van der Waals surface area contributed by atoms with Gasteiger partial charge in [0, 0.05) is 44.0 Å². The Hall–Kier alpha value is -4.35. The molecule has 1 aliphatic rings. The van der Waals surface area contributed by atoms with Crippen molar-refractivity contribution in [3.8, 4) is 34.6 Å². The van der Waals surface area contributed by atoms with Gasteiger partial charge in [-0.1, -0.05) is 17.7 Å². The highest BCUT2D eigenvalue weighted by Gasteiger charge is 2.20. The second-order valence-electron chi connectivity index (χ2n) is 8.45. The minimum atomic E-state index is -0.285. The first-order chi connectivity index (χ1) is 17.4. The predicted octanol–water partition coefficient (Wildman–Crippen LogP) is 4.82. The fourth-order valence-corrected chi connectivity index (χ4v) is 4.46. The zero-order valence-electron chi connectivity index (χ0n) is 19.7. The fourth-order valence-electron chi connectivity index (χ4n) is 4.30. The summed E-state index contributed by atoms with van der Waals surface area (Å²) in [5.41, 5.74) is 3.93. The van der Waals surface area contributed by atoms with Crippen LogP contribution in [-0.2, 0) is 19.5 Å². The van der Waals surface area contributed by atoms with E-state index >= 15 is 0 Å². The molecule has 0 unspecified atom stereocenters. The number of aryl methyl sites for hydroxylation is 1. The molecule has 0 spiro atoms. The van der Waals surface area contributed by atoms with Crippen molar-refractivity contribution in [2.24, 2.45) is 0 Å². The van der Waals surface area contributed by atoms with Gasteiger partial charge in [0.05, 0.1) is 29.6 Å². The zero-order valence-corrected chi connectivity index (χ0v) is 20.5. The third-order valence-corrected chi connectivity index (χ3v) is 6.28. The van der Waals surface area contributed by atoms with Crippen LogP contribution in [-0.4, -0.2) is 28.7 Å². The maximum Gasteiger partial charge on any atom is 0.350 e. The van der Waals surface area contributed by atoms with Crippen molar-refractivity contribution in [1.29, 1.82) is 5.26 Å². The number of hydrogen-bond donors (Lipinski definition) is 0. The Kier molecular flexibility index (Phi) is 6.32. The first-order valence-electron chi connectivity index (χ1n) is 11.3. The predicted molar refractivity (Wildman–Crippen MR) is 137 cm³/mol. The van der Waals surface area contributed by atoms with Crippen molar-refractivity contribution in [1.82, 2.24) is 14.5 Å². The van der Waals surface area contributed by atoms with Gasteiger partial charge < -0.3 is 14.4 Å². The van der Waals surface area contributed by atoms with Gasteiger partial charge in [0.15, 0.2) is 0 Å². The lowest BCUT2D eigenvalue weighted by Gasteiger charge is -2.25. The lowest BCUT2D eigenvalue weighted by molar-refractivity contribution is 0.414. The van der Waals surface area contributed by atoms with Gasteiger partial charge in [-0.25, -0.2) is 4.79 Å². The number of nitrogens with zero attached hydrogens (tertiary/aromatic N) is 5. The maximum absolute atomic E-state index is 12.8. The van der Waals surface area contributed by atoms with Crippen LogP contribution < -0.4 is 20.1 Å². The lowest BCUT2D eigenvalue weighted by atomic mass is 9.97. The van der Waals surface area contributed by atoms with Crippen molar-refractivity contribution < 1.29 is 9.47 Å². The molecule has 0 saturated heterocycles. The highest BCUT2D eigenvalue weighted by atomic mass is 35.5. The summed E-state index contributed by atoms with van der Waals surface area (Å²) in [6, 6.07) is 17.0. The summed E-state index contributed by atoms with van der Waals surface area (Å²) in [5, 5.41) is 10.1. The number of nitriles is 1. The number of pyridine rings is 1. The summed E-state index contributed by atoms with van der Waals surface area (Å²) in [7, 11) is 3.51. The molecule has 0 fully saturated rings. The molecule has 0 radical (unpaired) electrons. The van der Waals surface area contributed by atoms with Gasteiger partial charge in [-0.15, -0.1) is 0 Å². The Bertz CT molecular complexity index is 1560. The monoisotopic (exact) mass is 499 g/mol. The van der Waals surface area contributed by atoms with Crippen LogP contribution in [0.25, 0.3) is 11.3 Å². The minimum Gasteiger partial charge on any atom is -0.497 e. The molecular weight excluding hydrogens is 478 g/mol. The Balaban J connectivity index is 1.41. The topological polar surface area (TPSA) is 93.3 Å². The van der Waals surface area contributed by atoms with Gasteiger partial charge in [-0.2, -0.15) is 10.2 Å². The van der Waals surface area contributed by atoms with Crippen LogP contribution in [0, 0.1) is 11.3 Å². The number of benzene rings is 2. The maximum atomic E-state index is 12.8. The van der Waals surface area contributed by atoms with Crippen LogP contribution in [0.4, 0.5) is 5.82 Å². The summed E-state index contributed by atoms with van der Waals surface area (Å²) in [4.78, 5) is 23.0. The van der Waals surface area contributed by atoms with Gasteiger partial charge in [-0.05, 0) is 47.9 Å². The summed E-state index contributed by atoms with van der Waals surface area (Å²) >= 11 is 5.97. The van der Waals surface area contributed by atoms with Gasteiger partial charge in [0.2, 0.25) is 0 Å². The number of hydrogen-bond acceptors (Lipinski definition) is 7. The van der Waals surface area contributed by atoms with Gasteiger partial charge >= 0.3 is 5.69 Å². The molecule has 1 aliphatic heterocycles. The third kappa shape index (κ3) is 4.61. The van der Waals surface area contributed by atoms with E-state index in [0.29, 0.717) is 41.0 Å². The van der Waals surface area contributed by atoms with E-state index in [1.165, 1.54) is 12.4 Å². The van der Waals surface area contributed by atoms with E-state index < -0.39 is 0 Å². The Morgan fingerprint density at radius 2 is 2.00 bits per heavy atom. The van der Waals surface area contributed by atoms with Crippen molar-refractivity contribution in [3.05, 3.63) is 93.1 Å². The van der Waals surface area contributed by atoms with Crippen LogP contribution in [0.1, 0.15) is 16.7 Å². The Labute approximate surface area is 212 Å². The highest BCUT2D eigenvalue weighted by molar-refractivity contribution is 6.30. The summed E-state index contributed by atoms with van der Waals surface area (Å²) in [6.07, 6.45) is 3.78. The van der Waals surface area contributed by atoms with Crippen LogP contribution in [0.3, 0.4) is 0 Å². The molecule has 2 aromatic carbocycles. The van der Waals surface area contributed by atoms with E-state index in [4.69, 9.17) is 21.1 Å². The van der Waals surface area contributed by atoms with E-state index in [2.05, 4.69) is 16.0 Å². The number of ether oxygens (including phenoxy) is 2. The summed E-state index contributed by atoms with van der Waals surface area (Å²) in [5.74, 6) is 2.20. The first kappa shape index (κ1) is 23.4. The van der Waals surface area contributed by atoms with Crippen LogP contribution in [0.2, 0.25) is 5.02 Å². The SMILES string of the molecule is COc1ccc2c(c1)CCn1c-2cc(N(C)Cc2ccc(Oc3cncc(Cl)c3)c(C#N)c2)nc1=O. The molecule has 0 aliphatic carbocycles. The molecule has 0 N–H and O–H groups in total. The van der Waals surface area contributed by atoms with Crippen molar-refractivity contribution in [3.63, 3.8) is 0 Å². The van der Waals surface area contributed by atoms with Gasteiger partial charge in [0.1, 0.15) is 29.1 Å². The number of rotatable bonds is 6. The van der Waals surface area contributed by atoms with Crippen LogP contribution in [0.5, 0.6) is 17.2 Å². The molecule has 2 aromatic heterocycles. The van der Waals surface area contributed by atoms with E-state index in [1.54, 1.807) is 29.9 Å². The molecule has 0 atom stereocenters. The molecule has 3 heterocycles. The molecule has 4 aromatic rings. The molecule has 180 valence electrons. The highest BCUT2D eigenvalue weighted by Crippen LogP contribution is 2.33. The number of methoxy groups -OCH3 is 1. The Morgan fingerprint density at radius 3 is 2.78 bits per heavy atom. The van der Waals surface area contributed by atoms with Crippen molar-refractivity contribution in [2.45, 2.75) is 19.5 Å². The van der Waals surface area contributed by atoms with E-state index in [0.717, 1.165) is 34.6 Å². The number of fused-ring (bicyclic) bond motifs is 3. The second-order valence-corrected chi connectivity index (χ2v) is 8.88. The van der Waals surface area contributed by atoms with Gasteiger partial charge in [-0.3, -0.25) is 9.55 Å².